The highest BCUT2D eigenvalue weighted by molar-refractivity contribution is 6.43. The molecule has 0 unspecified atom stereocenters. The average molecular weight is 314 g/mol. The molecule has 0 N–H and O–H groups in total. The van der Waals surface area contributed by atoms with Crippen LogP contribution in [-0.2, 0) is 0 Å². The summed E-state index contributed by atoms with van der Waals surface area (Å²) in [6, 6.07) is 5.22. The third kappa shape index (κ3) is 3.97. The van der Waals surface area contributed by atoms with E-state index in [-0.39, 0.29) is 5.78 Å². The average Bonchev–Trinajstić information content (AvgIpc) is 2.40. The number of hydrogen-bond acceptors (Lipinski definition) is 2. The molecule has 2 rings (SSSR count). The van der Waals surface area contributed by atoms with E-state index in [0.717, 1.165) is 25.6 Å². The molecule has 2 nitrogen and oxygen atoms in total. The van der Waals surface area contributed by atoms with Crippen LogP contribution in [0.3, 0.4) is 0 Å². The lowest BCUT2D eigenvalue weighted by Gasteiger charge is -2.31. The zero-order chi connectivity index (χ0) is 14.5. The number of nitrogens with zero attached hydrogens (tertiary/aromatic N) is 1. The monoisotopic (exact) mass is 313 g/mol. The predicted octanol–water partition coefficient (Wildman–Crippen LogP) is 4.69. The quantitative estimate of drug-likeness (QED) is 0.681. The van der Waals surface area contributed by atoms with Crippen LogP contribution in [0.2, 0.25) is 10.0 Å². The molecule has 1 aliphatic carbocycles. The molecule has 1 aliphatic rings. The summed E-state index contributed by atoms with van der Waals surface area (Å²) < 4.78 is 0. The highest BCUT2D eigenvalue weighted by Gasteiger charge is 2.20. The fraction of sp³-hybridized carbons (Fsp3) is 0.562. The minimum absolute atomic E-state index is 0.0737. The van der Waals surface area contributed by atoms with Crippen LogP contribution in [0.25, 0.3) is 0 Å². The molecule has 0 spiro atoms. The number of ketones is 1. The Morgan fingerprint density at radius 2 is 2.10 bits per heavy atom. The van der Waals surface area contributed by atoms with Gasteiger partial charge in [0.25, 0.3) is 0 Å². The molecule has 0 radical (unpaired) electrons. The van der Waals surface area contributed by atoms with Gasteiger partial charge in [-0.15, -0.1) is 0 Å². The minimum atomic E-state index is 0.0737. The SMILES string of the molecule is CCN(CCC(=O)c1cccc(Cl)c1Cl)CC1CCC1. The molecule has 0 atom stereocenters. The van der Waals surface area contributed by atoms with E-state index in [1.807, 2.05) is 0 Å². The van der Waals surface area contributed by atoms with Crippen molar-refractivity contribution in [3.63, 3.8) is 0 Å². The van der Waals surface area contributed by atoms with Crippen molar-refractivity contribution in [2.24, 2.45) is 5.92 Å². The number of carbonyl (C=O) groups is 1. The van der Waals surface area contributed by atoms with Crippen molar-refractivity contribution in [3.05, 3.63) is 33.8 Å². The van der Waals surface area contributed by atoms with E-state index in [1.165, 1.54) is 19.3 Å². The van der Waals surface area contributed by atoms with E-state index in [2.05, 4.69) is 11.8 Å². The second kappa shape index (κ2) is 7.44. The van der Waals surface area contributed by atoms with E-state index in [9.17, 15) is 4.79 Å². The second-order valence-electron chi connectivity index (χ2n) is 5.46. The molecule has 4 heteroatoms. The second-order valence-corrected chi connectivity index (χ2v) is 6.25. The Kier molecular flexibility index (Phi) is 5.88. The lowest BCUT2D eigenvalue weighted by molar-refractivity contribution is 0.0954. The van der Waals surface area contributed by atoms with Gasteiger partial charge in [-0.05, 0) is 37.4 Å². The fourth-order valence-corrected chi connectivity index (χ4v) is 2.94. The molecule has 0 saturated heterocycles. The van der Waals surface area contributed by atoms with Crippen molar-refractivity contribution in [1.82, 2.24) is 4.90 Å². The molecular formula is C16H21Cl2NO. The Bertz CT molecular complexity index is 472. The van der Waals surface area contributed by atoms with Crippen molar-refractivity contribution in [2.75, 3.05) is 19.6 Å². The first-order valence-electron chi connectivity index (χ1n) is 7.31. The van der Waals surface area contributed by atoms with Gasteiger partial charge < -0.3 is 4.90 Å². The van der Waals surface area contributed by atoms with E-state index in [1.54, 1.807) is 18.2 Å². The summed E-state index contributed by atoms with van der Waals surface area (Å²) in [6.45, 7) is 5.06. The predicted molar refractivity (Wildman–Crippen MR) is 84.9 cm³/mol. The van der Waals surface area contributed by atoms with Crippen LogP contribution in [0.4, 0.5) is 0 Å². The summed E-state index contributed by atoms with van der Waals surface area (Å²) in [5, 5.41) is 0.820. The van der Waals surface area contributed by atoms with Crippen LogP contribution < -0.4 is 0 Å². The molecule has 0 bridgehead atoms. The smallest absolute Gasteiger partial charge is 0.165 e. The number of hydrogen-bond donors (Lipinski definition) is 0. The summed E-state index contributed by atoms with van der Waals surface area (Å²) >= 11 is 12.0. The molecule has 0 aliphatic heterocycles. The van der Waals surface area contributed by atoms with Gasteiger partial charge in [-0.2, -0.15) is 0 Å². The van der Waals surface area contributed by atoms with Crippen molar-refractivity contribution in [2.45, 2.75) is 32.6 Å². The Labute approximate surface area is 131 Å². The molecule has 1 aromatic rings. The molecule has 110 valence electrons. The first kappa shape index (κ1) is 15.8. The molecule has 0 amide bonds. The highest BCUT2D eigenvalue weighted by atomic mass is 35.5. The van der Waals surface area contributed by atoms with Gasteiger partial charge >= 0.3 is 0 Å². The van der Waals surface area contributed by atoms with Gasteiger partial charge in [0.1, 0.15) is 0 Å². The number of carbonyl (C=O) groups excluding carboxylic acids is 1. The van der Waals surface area contributed by atoms with E-state index >= 15 is 0 Å². The third-order valence-electron chi connectivity index (χ3n) is 4.10. The van der Waals surface area contributed by atoms with Crippen LogP contribution in [0.15, 0.2) is 18.2 Å². The number of Topliss-reactive ketones (excluding diaryl/α,β-unsaturated/α-hetero) is 1. The maximum absolute atomic E-state index is 12.2. The van der Waals surface area contributed by atoms with Crippen LogP contribution in [-0.4, -0.2) is 30.3 Å². The lowest BCUT2D eigenvalue weighted by atomic mass is 9.85. The van der Waals surface area contributed by atoms with E-state index in [4.69, 9.17) is 23.2 Å². The number of halogens is 2. The Morgan fingerprint density at radius 1 is 1.35 bits per heavy atom. The Balaban J connectivity index is 1.88. The maximum atomic E-state index is 12.2. The minimum Gasteiger partial charge on any atom is -0.303 e. The zero-order valence-electron chi connectivity index (χ0n) is 11.9. The topological polar surface area (TPSA) is 20.3 Å². The third-order valence-corrected chi connectivity index (χ3v) is 4.91. The summed E-state index contributed by atoms with van der Waals surface area (Å²) in [6.07, 6.45) is 4.54. The zero-order valence-corrected chi connectivity index (χ0v) is 13.4. The van der Waals surface area contributed by atoms with E-state index in [0.29, 0.717) is 22.0 Å². The molecule has 0 heterocycles. The van der Waals surface area contributed by atoms with Gasteiger partial charge in [-0.1, -0.05) is 42.6 Å². The van der Waals surface area contributed by atoms with Crippen molar-refractivity contribution in [1.29, 1.82) is 0 Å². The largest absolute Gasteiger partial charge is 0.303 e. The van der Waals surface area contributed by atoms with Crippen LogP contribution in [0.1, 0.15) is 43.0 Å². The number of benzene rings is 1. The van der Waals surface area contributed by atoms with E-state index < -0.39 is 0 Å². The molecule has 1 fully saturated rings. The van der Waals surface area contributed by atoms with Crippen molar-refractivity contribution < 1.29 is 4.79 Å². The first-order chi connectivity index (χ1) is 9.61. The molecule has 1 saturated carbocycles. The van der Waals surface area contributed by atoms with Crippen molar-refractivity contribution >= 4 is 29.0 Å². The summed E-state index contributed by atoms with van der Waals surface area (Å²) in [5.74, 6) is 0.907. The summed E-state index contributed by atoms with van der Waals surface area (Å²) in [4.78, 5) is 14.6. The van der Waals surface area contributed by atoms with Crippen LogP contribution in [0.5, 0.6) is 0 Å². The fourth-order valence-electron chi connectivity index (χ4n) is 2.53. The lowest BCUT2D eigenvalue weighted by Crippen LogP contribution is -2.34. The van der Waals surface area contributed by atoms with Gasteiger partial charge in [0.05, 0.1) is 10.0 Å². The van der Waals surface area contributed by atoms with Crippen LogP contribution in [0, 0.1) is 5.92 Å². The Morgan fingerprint density at radius 3 is 2.70 bits per heavy atom. The molecular weight excluding hydrogens is 293 g/mol. The summed E-state index contributed by atoms with van der Waals surface area (Å²) in [7, 11) is 0. The molecule has 1 aromatic carbocycles. The van der Waals surface area contributed by atoms with Gasteiger partial charge in [0.15, 0.2) is 5.78 Å². The normalized spacial score (nSPS) is 15.4. The van der Waals surface area contributed by atoms with Crippen LogP contribution >= 0.6 is 23.2 Å². The van der Waals surface area contributed by atoms with Crippen molar-refractivity contribution in [3.8, 4) is 0 Å². The molecule has 0 aromatic heterocycles. The summed E-state index contributed by atoms with van der Waals surface area (Å²) in [5.41, 5.74) is 0.541. The number of rotatable bonds is 7. The van der Waals surface area contributed by atoms with Gasteiger partial charge in [0.2, 0.25) is 0 Å². The highest BCUT2D eigenvalue weighted by Crippen LogP contribution is 2.28. The van der Waals surface area contributed by atoms with Gasteiger partial charge in [-0.3, -0.25) is 4.79 Å². The van der Waals surface area contributed by atoms with Gasteiger partial charge in [0, 0.05) is 25.1 Å². The Hall–Kier alpha value is -0.570. The maximum Gasteiger partial charge on any atom is 0.165 e. The molecule has 20 heavy (non-hydrogen) atoms. The van der Waals surface area contributed by atoms with Gasteiger partial charge in [-0.25, -0.2) is 0 Å². The standard InChI is InChI=1S/C16H21Cl2NO/c1-2-19(11-12-5-3-6-12)10-9-15(20)13-7-4-8-14(17)16(13)18/h4,7-8,12H,2-3,5-6,9-11H2,1H3. The first-order valence-corrected chi connectivity index (χ1v) is 8.07.